The van der Waals surface area contributed by atoms with Crippen LogP contribution in [0.2, 0.25) is 0 Å². The standard InChI is InChI=1S/C7H6ClN3O2/c1-4-2-5(10-12-4)7-9-6(3-8)11-13-7/h2H,3H2,1H3. The largest absolute Gasteiger partial charge is 0.361 e. The Kier molecular flexibility index (Phi) is 2.02. The quantitative estimate of drug-likeness (QED) is 0.690. The molecule has 2 aromatic rings. The minimum Gasteiger partial charge on any atom is -0.361 e. The molecule has 0 amide bonds. The summed E-state index contributed by atoms with van der Waals surface area (Å²) in [5.41, 5.74) is 0.529. The van der Waals surface area contributed by atoms with Crippen molar-refractivity contribution < 1.29 is 9.05 Å². The first-order chi connectivity index (χ1) is 6.29. The van der Waals surface area contributed by atoms with Crippen molar-refractivity contribution in [2.75, 3.05) is 0 Å². The molecule has 5 nitrogen and oxygen atoms in total. The van der Waals surface area contributed by atoms with Crippen LogP contribution in [-0.4, -0.2) is 15.3 Å². The van der Waals surface area contributed by atoms with E-state index in [9.17, 15) is 0 Å². The molecule has 0 unspecified atom stereocenters. The number of nitrogens with zero attached hydrogens (tertiary/aromatic N) is 3. The minimum atomic E-state index is 0.223. The van der Waals surface area contributed by atoms with E-state index in [4.69, 9.17) is 20.6 Å². The van der Waals surface area contributed by atoms with Crippen LogP contribution in [0, 0.1) is 6.92 Å². The van der Waals surface area contributed by atoms with Gasteiger partial charge in [0.15, 0.2) is 11.5 Å². The molecule has 0 aliphatic heterocycles. The summed E-state index contributed by atoms with van der Waals surface area (Å²) in [4.78, 5) is 3.98. The zero-order valence-corrected chi connectivity index (χ0v) is 7.58. The maximum atomic E-state index is 5.50. The van der Waals surface area contributed by atoms with Crippen molar-refractivity contribution in [2.24, 2.45) is 0 Å². The van der Waals surface area contributed by atoms with Crippen LogP contribution in [0.25, 0.3) is 11.6 Å². The first-order valence-electron chi connectivity index (χ1n) is 3.62. The Morgan fingerprint density at radius 3 is 2.77 bits per heavy atom. The highest BCUT2D eigenvalue weighted by Gasteiger charge is 2.11. The molecule has 2 heterocycles. The Balaban J connectivity index is 2.35. The number of rotatable bonds is 2. The molecule has 0 radical (unpaired) electrons. The smallest absolute Gasteiger partial charge is 0.280 e. The number of hydrogen-bond acceptors (Lipinski definition) is 5. The molecule has 0 spiro atoms. The van der Waals surface area contributed by atoms with Crippen LogP contribution < -0.4 is 0 Å². The molecule has 0 aliphatic carbocycles. The van der Waals surface area contributed by atoms with Crippen LogP contribution in [0.3, 0.4) is 0 Å². The van der Waals surface area contributed by atoms with Crippen LogP contribution in [0.1, 0.15) is 11.6 Å². The normalized spacial score (nSPS) is 10.6. The SMILES string of the molecule is Cc1cc(-c2nc(CCl)no2)no1. The van der Waals surface area contributed by atoms with E-state index >= 15 is 0 Å². The number of aryl methyl sites for hydroxylation is 1. The van der Waals surface area contributed by atoms with Gasteiger partial charge in [0.2, 0.25) is 0 Å². The molecule has 6 heteroatoms. The summed E-state index contributed by atoms with van der Waals surface area (Å²) < 4.78 is 9.74. The van der Waals surface area contributed by atoms with Gasteiger partial charge in [0.25, 0.3) is 5.89 Å². The van der Waals surface area contributed by atoms with Crippen LogP contribution in [0.15, 0.2) is 15.1 Å². The Morgan fingerprint density at radius 2 is 2.23 bits per heavy atom. The van der Waals surface area contributed by atoms with Crippen LogP contribution >= 0.6 is 11.6 Å². The predicted molar refractivity (Wildman–Crippen MR) is 44.1 cm³/mol. The Bertz CT molecular complexity index is 409. The summed E-state index contributed by atoms with van der Waals surface area (Å²) in [5.74, 6) is 1.69. The van der Waals surface area contributed by atoms with E-state index in [2.05, 4.69) is 15.3 Å². The van der Waals surface area contributed by atoms with E-state index in [1.807, 2.05) is 0 Å². The van der Waals surface area contributed by atoms with Crippen molar-refractivity contribution in [3.05, 3.63) is 17.7 Å². The van der Waals surface area contributed by atoms with Crippen LogP contribution in [-0.2, 0) is 5.88 Å². The molecule has 2 rings (SSSR count). The van der Waals surface area contributed by atoms with Gasteiger partial charge in [0.05, 0.1) is 5.88 Å². The van der Waals surface area contributed by atoms with Gasteiger partial charge in [-0.3, -0.25) is 0 Å². The maximum Gasteiger partial charge on any atom is 0.280 e. The Labute approximate surface area is 78.7 Å². The molecule has 68 valence electrons. The number of halogens is 1. The first kappa shape index (κ1) is 8.25. The monoisotopic (exact) mass is 199 g/mol. The fraction of sp³-hybridized carbons (Fsp3) is 0.286. The highest BCUT2D eigenvalue weighted by Crippen LogP contribution is 2.16. The summed E-state index contributed by atoms with van der Waals surface area (Å²) >= 11 is 5.50. The van der Waals surface area contributed by atoms with E-state index in [0.717, 1.165) is 0 Å². The van der Waals surface area contributed by atoms with Gasteiger partial charge in [-0.2, -0.15) is 4.98 Å². The molecule has 0 fully saturated rings. The average molecular weight is 200 g/mol. The molecule has 2 aromatic heterocycles. The summed E-state index contributed by atoms with van der Waals surface area (Å²) in [6.45, 7) is 1.79. The van der Waals surface area contributed by atoms with Gasteiger partial charge in [0.1, 0.15) is 5.76 Å². The van der Waals surface area contributed by atoms with Crippen LogP contribution in [0.4, 0.5) is 0 Å². The Morgan fingerprint density at radius 1 is 1.38 bits per heavy atom. The number of alkyl halides is 1. The van der Waals surface area contributed by atoms with E-state index in [1.54, 1.807) is 13.0 Å². The third kappa shape index (κ3) is 1.55. The minimum absolute atomic E-state index is 0.223. The molecule has 0 saturated carbocycles. The molecule has 0 aromatic carbocycles. The topological polar surface area (TPSA) is 65.0 Å². The second-order valence-corrected chi connectivity index (χ2v) is 2.74. The molecule has 13 heavy (non-hydrogen) atoms. The lowest BCUT2D eigenvalue weighted by atomic mass is 10.4. The molecule has 0 atom stereocenters. The molecule has 0 N–H and O–H groups in total. The lowest BCUT2D eigenvalue weighted by Gasteiger charge is -1.78. The molecule has 0 aliphatic rings. The van der Waals surface area contributed by atoms with E-state index in [1.165, 1.54) is 0 Å². The average Bonchev–Trinajstić information content (AvgIpc) is 2.71. The second kappa shape index (κ2) is 3.18. The third-order valence-corrected chi connectivity index (χ3v) is 1.67. The lowest BCUT2D eigenvalue weighted by molar-refractivity contribution is 0.389. The van der Waals surface area contributed by atoms with Crippen molar-refractivity contribution in [2.45, 2.75) is 12.8 Å². The molecular formula is C7H6ClN3O2. The van der Waals surface area contributed by atoms with Gasteiger partial charge in [-0.25, -0.2) is 0 Å². The first-order valence-corrected chi connectivity index (χ1v) is 4.15. The van der Waals surface area contributed by atoms with E-state index in [-0.39, 0.29) is 5.88 Å². The Hall–Kier alpha value is -1.36. The molecular weight excluding hydrogens is 194 g/mol. The zero-order valence-electron chi connectivity index (χ0n) is 6.82. The van der Waals surface area contributed by atoms with Crippen molar-refractivity contribution >= 4 is 11.6 Å². The van der Waals surface area contributed by atoms with Gasteiger partial charge in [-0.05, 0) is 6.92 Å². The number of hydrogen-bond donors (Lipinski definition) is 0. The predicted octanol–water partition coefficient (Wildman–Crippen LogP) is 1.77. The zero-order chi connectivity index (χ0) is 9.26. The van der Waals surface area contributed by atoms with E-state index < -0.39 is 0 Å². The van der Waals surface area contributed by atoms with E-state index in [0.29, 0.717) is 23.2 Å². The third-order valence-electron chi connectivity index (χ3n) is 1.43. The summed E-state index contributed by atoms with van der Waals surface area (Å²) in [5, 5.41) is 7.34. The highest BCUT2D eigenvalue weighted by atomic mass is 35.5. The molecule has 0 saturated heterocycles. The fourth-order valence-electron chi connectivity index (χ4n) is 0.879. The van der Waals surface area contributed by atoms with Crippen molar-refractivity contribution in [3.8, 4) is 11.6 Å². The maximum absolute atomic E-state index is 5.50. The highest BCUT2D eigenvalue weighted by molar-refractivity contribution is 6.16. The summed E-state index contributed by atoms with van der Waals surface area (Å²) in [7, 11) is 0. The lowest BCUT2D eigenvalue weighted by Crippen LogP contribution is -1.80. The van der Waals surface area contributed by atoms with Gasteiger partial charge in [-0.1, -0.05) is 10.3 Å². The summed E-state index contributed by atoms with van der Waals surface area (Å²) in [6, 6.07) is 1.71. The van der Waals surface area contributed by atoms with Gasteiger partial charge < -0.3 is 9.05 Å². The second-order valence-electron chi connectivity index (χ2n) is 2.47. The molecule has 0 bridgehead atoms. The van der Waals surface area contributed by atoms with Crippen LogP contribution in [0.5, 0.6) is 0 Å². The van der Waals surface area contributed by atoms with Crippen molar-refractivity contribution in [3.63, 3.8) is 0 Å². The fourth-order valence-corrected chi connectivity index (χ4v) is 0.988. The number of aromatic nitrogens is 3. The van der Waals surface area contributed by atoms with Gasteiger partial charge >= 0.3 is 0 Å². The van der Waals surface area contributed by atoms with Gasteiger partial charge in [0, 0.05) is 6.07 Å². The summed E-state index contributed by atoms with van der Waals surface area (Å²) in [6.07, 6.45) is 0. The van der Waals surface area contributed by atoms with Crippen molar-refractivity contribution in [1.29, 1.82) is 0 Å². The van der Waals surface area contributed by atoms with Crippen molar-refractivity contribution in [1.82, 2.24) is 15.3 Å². The van der Waals surface area contributed by atoms with Gasteiger partial charge in [-0.15, -0.1) is 11.6 Å².